The van der Waals surface area contributed by atoms with Crippen molar-refractivity contribution in [2.75, 3.05) is 6.61 Å². The second kappa shape index (κ2) is 10.6. The summed E-state index contributed by atoms with van der Waals surface area (Å²) in [5.41, 5.74) is 4.34. The SMILES string of the molecule is Cc1cn(C2CC(O)C(COP(=O)(O)OP(=O)([O-])OC3OC(C)C(O)C(N)C3O)O2)c(=O)[nH]c1=O. The summed E-state index contributed by atoms with van der Waals surface area (Å²) in [7, 11) is -11.0. The molecule has 10 unspecified atom stereocenters. The van der Waals surface area contributed by atoms with E-state index in [1.54, 1.807) is 0 Å². The first-order valence-electron chi connectivity index (χ1n) is 10.2. The molecule has 1 aromatic rings. The summed E-state index contributed by atoms with van der Waals surface area (Å²) >= 11 is 0. The van der Waals surface area contributed by atoms with Gasteiger partial charge in [0, 0.05) is 18.2 Å². The van der Waals surface area contributed by atoms with Gasteiger partial charge in [-0.2, -0.15) is 0 Å². The Bertz CT molecular complexity index is 1130. The number of phosphoric ester groups is 2. The molecule has 3 rings (SSSR count). The van der Waals surface area contributed by atoms with E-state index in [1.807, 2.05) is 0 Å². The van der Waals surface area contributed by atoms with E-state index in [1.165, 1.54) is 20.0 Å². The Morgan fingerprint density at radius 1 is 1.26 bits per heavy atom. The topological polar surface area (TPSA) is 265 Å². The zero-order chi connectivity index (χ0) is 26.3. The van der Waals surface area contributed by atoms with Crippen LogP contribution in [0.3, 0.4) is 0 Å². The summed E-state index contributed by atoms with van der Waals surface area (Å²) in [6, 6.07) is -1.34. The summed E-state index contributed by atoms with van der Waals surface area (Å²) in [6.45, 7) is 1.93. The van der Waals surface area contributed by atoms with Crippen LogP contribution in [0.25, 0.3) is 0 Å². The fourth-order valence-electron chi connectivity index (χ4n) is 3.46. The molecule has 3 heterocycles. The average Bonchev–Trinajstić information content (AvgIpc) is 3.11. The van der Waals surface area contributed by atoms with E-state index in [4.69, 9.17) is 15.2 Å². The molecule has 35 heavy (non-hydrogen) atoms. The zero-order valence-corrected chi connectivity index (χ0v) is 20.2. The predicted octanol–water partition coefficient (Wildman–Crippen LogP) is -3.09. The molecule has 10 atom stereocenters. The third-order valence-electron chi connectivity index (χ3n) is 5.40. The Hall–Kier alpha value is -1.30. The summed E-state index contributed by atoms with van der Waals surface area (Å²) in [5, 5.41) is 29.8. The second-order valence-electron chi connectivity index (χ2n) is 8.08. The van der Waals surface area contributed by atoms with Gasteiger partial charge in [-0.15, -0.1) is 0 Å². The monoisotopic (exact) mass is 546 g/mol. The molecule has 0 saturated carbocycles. The van der Waals surface area contributed by atoms with Crippen molar-refractivity contribution in [1.82, 2.24) is 9.55 Å². The van der Waals surface area contributed by atoms with Gasteiger partial charge in [0.15, 0.2) is 6.29 Å². The fourth-order valence-corrected chi connectivity index (χ4v) is 5.57. The van der Waals surface area contributed by atoms with Gasteiger partial charge in [-0.25, -0.2) is 13.7 Å². The number of aliphatic hydroxyl groups excluding tert-OH is 3. The molecule has 17 nitrogen and oxygen atoms in total. The van der Waals surface area contributed by atoms with Crippen LogP contribution in [0.1, 0.15) is 25.1 Å². The molecule has 0 bridgehead atoms. The van der Waals surface area contributed by atoms with Gasteiger partial charge in [0.1, 0.15) is 18.4 Å². The zero-order valence-electron chi connectivity index (χ0n) is 18.4. The number of hydrogen-bond donors (Lipinski definition) is 6. The Morgan fingerprint density at radius 2 is 1.91 bits per heavy atom. The van der Waals surface area contributed by atoms with Crippen molar-refractivity contribution in [2.24, 2.45) is 5.73 Å². The molecule has 2 aliphatic rings. The van der Waals surface area contributed by atoms with Crippen molar-refractivity contribution >= 4 is 15.6 Å². The van der Waals surface area contributed by atoms with Crippen molar-refractivity contribution in [3.63, 3.8) is 0 Å². The minimum atomic E-state index is -5.64. The summed E-state index contributed by atoms with van der Waals surface area (Å²) in [4.78, 5) is 47.4. The third kappa shape index (κ3) is 6.72. The number of rotatable bonds is 8. The van der Waals surface area contributed by atoms with E-state index < -0.39 is 82.6 Å². The highest BCUT2D eigenvalue weighted by atomic mass is 31.3. The molecule has 2 aliphatic heterocycles. The van der Waals surface area contributed by atoms with Gasteiger partial charge in [0.05, 0.1) is 31.0 Å². The molecular formula is C16H26N3O14P2-. The first-order valence-corrected chi connectivity index (χ1v) is 13.2. The summed E-state index contributed by atoms with van der Waals surface area (Å²) in [5.74, 6) is 0. The van der Waals surface area contributed by atoms with Crippen molar-refractivity contribution < 1.29 is 57.1 Å². The van der Waals surface area contributed by atoms with Gasteiger partial charge in [-0.3, -0.25) is 28.0 Å². The molecular weight excluding hydrogens is 520 g/mol. The van der Waals surface area contributed by atoms with Crippen molar-refractivity contribution in [2.45, 2.75) is 69.3 Å². The van der Waals surface area contributed by atoms with E-state index >= 15 is 0 Å². The van der Waals surface area contributed by atoms with Crippen LogP contribution in [-0.4, -0.2) is 79.2 Å². The lowest BCUT2D eigenvalue weighted by Gasteiger charge is -2.41. The lowest BCUT2D eigenvalue weighted by molar-refractivity contribution is -0.278. The number of aliphatic hydroxyl groups is 3. The van der Waals surface area contributed by atoms with Gasteiger partial charge < -0.3 is 40.3 Å². The molecule has 2 fully saturated rings. The van der Waals surface area contributed by atoms with E-state index in [0.29, 0.717) is 0 Å². The van der Waals surface area contributed by atoms with Crippen molar-refractivity contribution in [3.8, 4) is 0 Å². The molecule has 200 valence electrons. The van der Waals surface area contributed by atoms with E-state index in [2.05, 4.69) is 18.3 Å². The Balaban J connectivity index is 1.59. The maximum atomic E-state index is 12.1. The number of aromatic amines is 1. The highest BCUT2D eigenvalue weighted by molar-refractivity contribution is 7.60. The number of aryl methyl sites for hydroxylation is 1. The number of H-pyrrole nitrogens is 1. The Kier molecular flexibility index (Phi) is 8.56. The number of aromatic nitrogens is 2. The van der Waals surface area contributed by atoms with E-state index in [0.717, 1.165) is 4.57 Å². The minimum absolute atomic E-state index is 0.152. The summed E-state index contributed by atoms with van der Waals surface area (Å²) in [6.07, 6.45) is -8.70. The van der Waals surface area contributed by atoms with Crippen LogP contribution in [0.2, 0.25) is 0 Å². The number of nitrogens with zero attached hydrogens (tertiary/aromatic N) is 1. The second-order valence-corrected chi connectivity index (χ2v) is 11.0. The van der Waals surface area contributed by atoms with E-state index in [-0.39, 0.29) is 12.0 Å². The van der Waals surface area contributed by atoms with Crippen molar-refractivity contribution in [3.05, 3.63) is 32.6 Å². The number of nitrogens with one attached hydrogen (secondary N) is 1. The van der Waals surface area contributed by atoms with Crippen LogP contribution in [0.5, 0.6) is 0 Å². The fraction of sp³-hybridized carbons (Fsp3) is 0.750. The number of ether oxygens (including phenoxy) is 2. The molecule has 19 heteroatoms. The first-order chi connectivity index (χ1) is 16.1. The smallest absolute Gasteiger partial charge is 0.478 e. The van der Waals surface area contributed by atoms with Gasteiger partial charge >= 0.3 is 13.5 Å². The first kappa shape index (κ1) is 28.3. The van der Waals surface area contributed by atoms with Crippen LogP contribution in [0.4, 0.5) is 0 Å². The molecule has 0 spiro atoms. The average molecular weight is 546 g/mol. The standard InChI is InChI=1S/C16H27N3O14P2/c1-6-4-19(16(24)18-14(6)23)10-3-8(20)9(31-10)5-29-34(25,26)33-35(27,28)32-15-13(22)11(17)12(21)7(2)30-15/h4,7-13,15,20-22H,3,5,17H2,1-2H3,(H,25,26)(H,27,28)(H,18,23,24)/p-1. The van der Waals surface area contributed by atoms with Crippen LogP contribution >= 0.6 is 15.6 Å². The Morgan fingerprint density at radius 3 is 2.57 bits per heavy atom. The van der Waals surface area contributed by atoms with Crippen LogP contribution in [0.15, 0.2) is 15.8 Å². The molecule has 1 aromatic heterocycles. The number of phosphoric acid groups is 2. The number of nitrogens with two attached hydrogens (primary N) is 1. The van der Waals surface area contributed by atoms with Gasteiger partial charge in [0.2, 0.25) is 0 Å². The maximum Gasteiger partial charge on any atom is 0.478 e. The quantitative estimate of drug-likeness (QED) is 0.176. The molecule has 0 aliphatic carbocycles. The van der Waals surface area contributed by atoms with Crippen LogP contribution in [0, 0.1) is 6.92 Å². The largest absolute Gasteiger partial charge is 0.756 e. The normalized spacial score (nSPS) is 37.0. The highest BCUT2D eigenvalue weighted by Crippen LogP contribution is 2.59. The van der Waals surface area contributed by atoms with Gasteiger partial charge in [-0.1, -0.05) is 0 Å². The third-order valence-corrected chi connectivity index (χ3v) is 7.96. The minimum Gasteiger partial charge on any atom is -0.756 e. The van der Waals surface area contributed by atoms with E-state index in [9.17, 15) is 43.8 Å². The molecule has 0 aromatic carbocycles. The van der Waals surface area contributed by atoms with Crippen LogP contribution in [-0.2, 0) is 32.0 Å². The Labute approximate surface area is 197 Å². The molecule has 0 radical (unpaired) electrons. The molecule has 7 N–H and O–H groups in total. The van der Waals surface area contributed by atoms with Gasteiger partial charge in [0.25, 0.3) is 13.4 Å². The maximum absolute atomic E-state index is 12.1. The molecule has 0 amide bonds. The highest BCUT2D eigenvalue weighted by Gasteiger charge is 2.44. The molecule has 2 saturated heterocycles. The lowest BCUT2D eigenvalue weighted by Crippen LogP contribution is -2.61. The number of hydrogen-bond acceptors (Lipinski definition) is 14. The van der Waals surface area contributed by atoms with Crippen molar-refractivity contribution in [1.29, 1.82) is 0 Å². The summed E-state index contributed by atoms with van der Waals surface area (Å²) < 4.78 is 48.8. The van der Waals surface area contributed by atoms with Gasteiger partial charge in [-0.05, 0) is 13.8 Å². The predicted molar refractivity (Wildman–Crippen MR) is 110 cm³/mol. The van der Waals surface area contributed by atoms with Crippen LogP contribution < -0.4 is 21.9 Å². The lowest BCUT2D eigenvalue weighted by atomic mass is 9.98.